The van der Waals surface area contributed by atoms with Crippen LogP contribution >= 0.6 is 0 Å². The smallest absolute Gasteiger partial charge is 0.872 e. The fourth-order valence-electron chi connectivity index (χ4n) is 6.88. The van der Waals surface area contributed by atoms with Gasteiger partial charge < -0.3 is 30.1 Å². The Hall–Kier alpha value is -3.40. The average molecular weight is 587 g/mol. The van der Waals surface area contributed by atoms with E-state index in [0.717, 1.165) is 56.9 Å². The van der Waals surface area contributed by atoms with Gasteiger partial charge in [-0.1, -0.05) is 56.2 Å². The van der Waals surface area contributed by atoms with Crippen LogP contribution in [0.5, 0.6) is 0 Å². The Balaban J connectivity index is 0.00000368. The van der Waals surface area contributed by atoms with E-state index in [-0.39, 0.29) is 47.1 Å². The molecule has 3 aromatic rings. The largest absolute Gasteiger partial charge is 2.00 e. The summed E-state index contributed by atoms with van der Waals surface area (Å²) in [5, 5.41) is 35.7. The van der Waals surface area contributed by atoms with Crippen LogP contribution in [-0.2, 0) is 11.2 Å². The Bertz CT molecular complexity index is 1880. The molecule has 218 valence electrons. The Morgan fingerprint density at radius 1 is 1.05 bits per heavy atom. The summed E-state index contributed by atoms with van der Waals surface area (Å²) in [5.74, 6) is -1.60. The zero-order chi connectivity index (χ0) is 30.0. The van der Waals surface area contributed by atoms with Crippen molar-refractivity contribution in [2.24, 2.45) is 0 Å². The first-order valence-corrected chi connectivity index (χ1v) is 14.7. The van der Waals surface area contributed by atoms with E-state index >= 15 is 0 Å². The maximum atomic E-state index is 13.4. The summed E-state index contributed by atoms with van der Waals surface area (Å²) in [7, 11) is 0. The Morgan fingerprint density at radius 3 is 2.42 bits per heavy atom. The molecule has 2 aliphatic heterocycles. The van der Waals surface area contributed by atoms with Gasteiger partial charge in [0.2, 0.25) is 0 Å². The monoisotopic (exact) mass is 586 g/mol. The predicted octanol–water partition coefficient (Wildman–Crippen LogP) is 4.05. The van der Waals surface area contributed by atoms with Gasteiger partial charge in [-0.2, -0.15) is 0 Å². The van der Waals surface area contributed by atoms with Gasteiger partial charge in [-0.3, -0.25) is 4.98 Å². The molecule has 8 nitrogen and oxygen atoms in total. The van der Waals surface area contributed by atoms with Gasteiger partial charge in [-0.25, -0.2) is 4.98 Å². The fraction of sp³-hybridized carbons (Fsp3) is 0.382. The van der Waals surface area contributed by atoms with Gasteiger partial charge in [0, 0.05) is 23.5 Å². The molecule has 3 atom stereocenters. The SMILES string of the molecule is CCC1=C(C)c2cc3[n-]c(cc4nc(c5c6[n-]c(cc1n2)c(CC)c6C([O-])=C5)[C@@H](CCC(=O)[O-])[C@@H]4C)c(C)c3[C@@H](C)O.[Mg+2]. The Morgan fingerprint density at radius 2 is 1.77 bits per heavy atom. The van der Waals surface area contributed by atoms with Crippen molar-refractivity contribution in [3.05, 3.63) is 68.8 Å². The number of nitrogens with zero attached hydrogens (tertiary/aromatic N) is 4. The number of rotatable bonds is 6. The van der Waals surface area contributed by atoms with E-state index in [4.69, 9.17) is 19.9 Å². The van der Waals surface area contributed by atoms with Crippen LogP contribution in [0, 0.1) is 6.92 Å². The second kappa shape index (κ2) is 11.6. The molecule has 1 N–H and O–H groups in total. The van der Waals surface area contributed by atoms with Gasteiger partial charge in [0.15, 0.2) is 0 Å². The summed E-state index contributed by atoms with van der Waals surface area (Å²) >= 11 is 0. The number of aliphatic carboxylic acids is 1. The first-order chi connectivity index (χ1) is 20.0. The van der Waals surface area contributed by atoms with E-state index in [0.29, 0.717) is 46.2 Å². The molecule has 0 saturated carbocycles. The average Bonchev–Trinajstić information content (AvgIpc) is 3.69. The topological polar surface area (TPSA) is 137 Å². The molecule has 0 saturated heterocycles. The Kier molecular flexibility index (Phi) is 8.37. The molecule has 5 heterocycles. The van der Waals surface area contributed by atoms with Gasteiger partial charge in [-0.05, 0) is 74.3 Å². The summed E-state index contributed by atoms with van der Waals surface area (Å²) in [6, 6.07) is 5.84. The van der Waals surface area contributed by atoms with Gasteiger partial charge >= 0.3 is 23.1 Å². The summed E-state index contributed by atoms with van der Waals surface area (Å²) < 4.78 is 0. The molecule has 0 fully saturated rings. The number of carbonyl (C=O) groups excluding carboxylic acids is 1. The van der Waals surface area contributed by atoms with Gasteiger partial charge in [0.25, 0.3) is 0 Å². The second-order valence-electron chi connectivity index (χ2n) is 11.6. The molecule has 0 spiro atoms. The first kappa shape index (κ1) is 31.0. The third-order valence-electron chi connectivity index (χ3n) is 9.11. The molecule has 0 aromatic carbocycles. The summed E-state index contributed by atoms with van der Waals surface area (Å²) in [6.07, 6.45) is 2.47. The van der Waals surface area contributed by atoms with Crippen LogP contribution in [0.2, 0.25) is 0 Å². The zero-order valence-electron chi connectivity index (χ0n) is 25.5. The second-order valence-corrected chi connectivity index (χ2v) is 11.6. The molecule has 8 bridgehead atoms. The van der Waals surface area contributed by atoms with Crippen LogP contribution in [0.15, 0.2) is 18.2 Å². The van der Waals surface area contributed by atoms with Crippen molar-refractivity contribution in [1.29, 1.82) is 0 Å². The van der Waals surface area contributed by atoms with Crippen LogP contribution in [0.4, 0.5) is 0 Å². The number of aliphatic hydroxyl groups excluding tert-OH is 1. The van der Waals surface area contributed by atoms with E-state index in [1.807, 2.05) is 39.0 Å². The fourth-order valence-corrected chi connectivity index (χ4v) is 6.88. The van der Waals surface area contributed by atoms with E-state index in [1.165, 1.54) is 0 Å². The van der Waals surface area contributed by atoms with Crippen molar-refractivity contribution in [2.45, 2.75) is 85.2 Å². The molecule has 3 aliphatic rings. The number of carboxylic acid groups (broad SMARTS) is 1. The summed E-state index contributed by atoms with van der Waals surface area (Å²) in [5.41, 5.74) is 11.6. The molecule has 0 radical (unpaired) electrons. The first-order valence-electron chi connectivity index (χ1n) is 14.7. The molecule has 0 unspecified atom stereocenters. The van der Waals surface area contributed by atoms with E-state index in [2.05, 4.69) is 13.8 Å². The minimum absolute atomic E-state index is 0. The minimum atomic E-state index is -1.12. The van der Waals surface area contributed by atoms with Gasteiger partial charge in [0.1, 0.15) is 0 Å². The number of hydrogen-bond acceptors (Lipinski definition) is 6. The van der Waals surface area contributed by atoms with Crippen LogP contribution in [-0.4, -0.2) is 44.1 Å². The van der Waals surface area contributed by atoms with Crippen molar-refractivity contribution in [3.63, 3.8) is 0 Å². The quantitative estimate of drug-likeness (QED) is 0.427. The van der Waals surface area contributed by atoms with Crippen LogP contribution in [0.1, 0.15) is 122 Å². The standard InChI is InChI=1S/C34H37N4O4.Mg/c1-7-19-15(3)23-13-28-31(18(6)39)17(5)25(36-28)12-24-16(4)21(9-10-30(41)42)33(37-24)22-11-29(40)32-20(8-2)27(38-34(22)32)14-26(19)35-23;/h11-14,16,18,21,39H,7-10H2,1-6H3,(H3-,35,36,37,38,40,41,42);/q-1;+2/p-3/t16-,18+,21-;/m0./s1. The van der Waals surface area contributed by atoms with Crippen molar-refractivity contribution in [2.75, 3.05) is 0 Å². The van der Waals surface area contributed by atoms with Crippen LogP contribution in [0.3, 0.4) is 0 Å². The molecule has 9 heteroatoms. The van der Waals surface area contributed by atoms with Crippen molar-refractivity contribution >= 4 is 74.1 Å². The van der Waals surface area contributed by atoms with Crippen molar-refractivity contribution in [3.8, 4) is 0 Å². The number of aromatic nitrogens is 4. The third kappa shape index (κ3) is 5.01. The zero-order valence-corrected chi connectivity index (χ0v) is 27.0. The normalized spacial score (nSPS) is 18.1. The Labute approximate surface area is 267 Å². The summed E-state index contributed by atoms with van der Waals surface area (Å²) in [6.45, 7) is 11.9. The van der Waals surface area contributed by atoms with E-state index < -0.39 is 12.1 Å². The molecule has 6 rings (SSSR count). The molecule has 43 heavy (non-hydrogen) atoms. The van der Waals surface area contributed by atoms with E-state index in [1.54, 1.807) is 13.0 Å². The predicted molar refractivity (Wildman–Crippen MR) is 165 cm³/mol. The number of allylic oxidation sites excluding steroid dienone is 2. The van der Waals surface area contributed by atoms with Gasteiger partial charge in [-0.15, -0.1) is 27.8 Å². The molecule has 0 amide bonds. The summed E-state index contributed by atoms with van der Waals surface area (Å²) in [4.78, 5) is 31.5. The van der Waals surface area contributed by atoms with E-state index in [9.17, 15) is 20.1 Å². The minimum Gasteiger partial charge on any atom is -0.872 e. The molecule has 3 aromatic heterocycles. The molecular formula is C34H34MgN4O4-2. The number of aliphatic hydroxyl groups is 1. The molecule has 1 aliphatic carbocycles. The number of carbonyl (C=O) groups is 1. The van der Waals surface area contributed by atoms with Crippen molar-refractivity contribution < 1.29 is 20.1 Å². The van der Waals surface area contributed by atoms with Crippen LogP contribution in [0.25, 0.3) is 45.0 Å². The number of carboxylic acids is 1. The molecular weight excluding hydrogens is 553 g/mol. The number of aryl methyl sites for hydroxylation is 2. The van der Waals surface area contributed by atoms with Gasteiger partial charge in [0.05, 0.1) is 23.2 Å². The number of fused-ring (bicyclic) bond motifs is 8. The van der Waals surface area contributed by atoms with Crippen molar-refractivity contribution in [1.82, 2.24) is 19.9 Å². The van der Waals surface area contributed by atoms with Crippen LogP contribution < -0.4 is 20.2 Å². The third-order valence-corrected chi connectivity index (χ3v) is 9.11. The maximum absolute atomic E-state index is 13.4. The number of hydrogen-bond donors (Lipinski definition) is 1. The maximum Gasteiger partial charge on any atom is 2.00 e.